The van der Waals surface area contributed by atoms with Crippen molar-refractivity contribution in [3.05, 3.63) is 52.8 Å². The van der Waals surface area contributed by atoms with Gasteiger partial charge in [-0.1, -0.05) is 12.1 Å². The fourth-order valence-electron chi connectivity index (χ4n) is 4.11. The molecule has 0 spiro atoms. The molecule has 6 nitrogen and oxygen atoms in total. The molecule has 29 heavy (non-hydrogen) atoms. The van der Waals surface area contributed by atoms with E-state index in [0.29, 0.717) is 40.5 Å². The minimum absolute atomic E-state index is 0.176. The second kappa shape index (κ2) is 8.17. The standard InChI is InChI=1S/C23H25NO5/c1-27-19-8-6-7-15(22(19)28-2)13-20-21(26)16-9-10-18(25)17(23(16)29-20)14-24-11-4-3-5-12-24/h6-10,13,25H,3-5,11-12,14H2,1-2H3/p+1/b20-13-. The molecule has 2 aromatic rings. The number of hydrogen-bond acceptors (Lipinski definition) is 5. The fourth-order valence-corrected chi connectivity index (χ4v) is 4.11. The van der Waals surface area contributed by atoms with Crippen molar-refractivity contribution in [3.63, 3.8) is 0 Å². The number of rotatable bonds is 5. The molecule has 6 heteroatoms. The van der Waals surface area contributed by atoms with E-state index in [4.69, 9.17) is 14.2 Å². The lowest BCUT2D eigenvalue weighted by Gasteiger charge is -2.24. The highest BCUT2D eigenvalue weighted by Gasteiger charge is 2.33. The molecule has 4 rings (SSSR count). The molecule has 2 aliphatic heterocycles. The second-order valence-corrected chi connectivity index (χ2v) is 7.45. The Morgan fingerprint density at radius 3 is 2.62 bits per heavy atom. The van der Waals surface area contributed by atoms with Gasteiger partial charge in [-0.3, -0.25) is 4.79 Å². The Bertz CT molecular complexity index is 960. The first-order valence-electron chi connectivity index (χ1n) is 9.96. The molecule has 2 heterocycles. The summed E-state index contributed by atoms with van der Waals surface area (Å²) in [6.07, 6.45) is 5.29. The zero-order valence-corrected chi connectivity index (χ0v) is 16.8. The molecular formula is C23H26NO5+. The fraction of sp³-hybridized carbons (Fsp3) is 0.348. The van der Waals surface area contributed by atoms with Crippen LogP contribution in [0.2, 0.25) is 0 Å². The summed E-state index contributed by atoms with van der Waals surface area (Å²) in [6.45, 7) is 2.79. The third kappa shape index (κ3) is 3.68. The molecule has 0 atom stereocenters. The molecule has 0 unspecified atom stereocenters. The van der Waals surface area contributed by atoms with E-state index in [1.165, 1.54) is 24.2 Å². The summed E-state index contributed by atoms with van der Waals surface area (Å²) < 4.78 is 16.8. The van der Waals surface area contributed by atoms with Gasteiger partial charge >= 0.3 is 0 Å². The van der Waals surface area contributed by atoms with Crippen LogP contribution in [0.3, 0.4) is 0 Å². The van der Waals surface area contributed by atoms with Gasteiger partial charge < -0.3 is 24.2 Å². The molecule has 0 bridgehead atoms. The quantitative estimate of drug-likeness (QED) is 0.761. The SMILES string of the molecule is COc1cccc(/C=C2\Oc3c(ccc(O)c3C[NH+]3CCCCC3)C2=O)c1OC. The number of likely N-dealkylation sites (tertiary alicyclic amines) is 1. The predicted molar refractivity (Wildman–Crippen MR) is 109 cm³/mol. The van der Waals surface area contributed by atoms with Gasteiger partial charge in [-0.05, 0) is 43.5 Å². The van der Waals surface area contributed by atoms with Gasteiger partial charge in [-0.25, -0.2) is 0 Å². The van der Waals surface area contributed by atoms with Crippen LogP contribution in [0.25, 0.3) is 6.08 Å². The van der Waals surface area contributed by atoms with Crippen LogP contribution in [0.15, 0.2) is 36.1 Å². The molecule has 0 saturated carbocycles. The zero-order chi connectivity index (χ0) is 20.4. The third-order valence-electron chi connectivity index (χ3n) is 5.62. The normalized spacial score (nSPS) is 17.9. The smallest absolute Gasteiger partial charge is 0.231 e. The van der Waals surface area contributed by atoms with E-state index in [2.05, 4.69) is 0 Å². The van der Waals surface area contributed by atoms with Crippen LogP contribution >= 0.6 is 0 Å². The van der Waals surface area contributed by atoms with Crippen molar-refractivity contribution in [3.8, 4) is 23.0 Å². The number of Topliss-reactive ketones (excluding diaryl/α,β-unsaturated/α-hetero) is 1. The van der Waals surface area contributed by atoms with Gasteiger partial charge in [0.05, 0.1) is 38.4 Å². The van der Waals surface area contributed by atoms with Crippen molar-refractivity contribution in [1.29, 1.82) is 0 Å². The molecule has 152 valence electrons. The number of carbonyl (C=O) groups excluding carboxylic acids is 1. The number of ether oxygens (including phenoxy) is 3. The molecule has 2 aliphatic rings. The Labute approximate surface area is 170 Å². The van der Waals surface area contributed by atoms with Crippen LogP contribution in [0, 0.1) is 0 Å². The Hall–Kier alpha value is -2.99. The monoisotopic (exact) mass is 396 g/mol. The number of nitrogens with one attached hydrogen (secondary N) is 1. The molecule has 1 saturated heterocycles. The van der Waals surface area contributed by atoms with Gasteiger partial charge in [-0.2, -0.15) is 0 Å². The average molecular weight is 396 g/mol. The number of allylic oxidation sites excluding steroid dienone is 1. The van der Waals surface area contributed by atoms with Gasteiger partial charge in [0.15, 0.2) is 23.0 Å². The summed E-state index contributed by atoms with van der Waals surface area (Å²) >= 11 is 0. The van der Waals surface area contributed by atoms with E-state index >= 15 is 0 Å². The first-order chi connectivity index (χ1) is 14.1. The number of aromatic hydroxyl groups is 1. The number of piperidine rings is 1. The lowest BCUT2D eigenvalue weighted by molar-refractivity contribution is -0.918. The lowest BCUT2D eigenvalue weighted by Crippen LogP contribution is -3.11. The maximum absolute atomic E-state index is 13.0. The van der Waals surface area contributed by atoms with E-state index < -0.39 is 0 Å². The average Bonchev–Trinajstić information content (AvgIpc) is 3.06. The Kier molecular flexibility index (Phi) is 5.45. The van der Waals surface area contributed by atoms with Crippen molar-refractivity contribution in [2.75, 3.05) is 27.3 Å². The Morgan fingerprint density at radius 1 is 1.10 bits per heavy atom. The summed E-state index contributed by atoms with van der Waals surface area (Å²) in [4.78, 5) is 14.4. The van der Waals surface area contributed by atoms with Crippen molar-refractivity contribution in [1.82, 2.24) is 0 Å². The van der Waals surface area contributed by atoms with Gasteiger partial charge in [0.2, 0.25) is 5.78 Å². The summed E-state index contributed by atoms with van der Waals surface area (Å²) in [5.74, 6) is 1.79. The van der Waals surface area contributed by atoms with Gasteiger partial charge in [0.25, 0.3) is 0 Å². The number of fused-ring (bicyclic) bond motifs is 1. The summed E-state index contributed by atoms with van der Waals surface area (Å²) in [7, 11) is 3.13. The molecule has 0 radical (unpaired) electrons. The first-order valence-corrected chi connectivity index (χ1v) is 9.96. The minimum atomic E-state index is -0.195. The number of hydrogen-bond donors (Lipinski definition) is 2. The minimum Gasteiger partial charge on any atom is -0.507 e. The van der Waals surface area contributed by atoms with Crippen molar-refractivity contribution in [2.24, 2.45) is 0 Å². The highest BCUT2D eigenvalue weighted by Crippen LogP contribution is 2.40. The summed E-state index contributed by atoms with van der Waals surface area (Å²) in [5, 5.41) is 10.5. The second-order valence-electron chi connectivity index (χ2n) is 7.45. The first kappa shape index (κ1) is 19.3. The topological polar surface area (TPSA) is 69.4 Å². The maximum Gasteiger partial charge on any atom is 0.231 e. The Balaban J connectivity index is 1.68. The largest absolute Gasteiger partial charge is 0.507 e. The van der Waals surface area contributed by atoms with Crippen molar-refractivity contribution in [2.45, 2.75) is 25.8 Å². The number of benzene rings is 2. The number of carbonyl (C=O) groups is 1. The molecule has 0 aliphatic carbocycles. The lowest BCUT2D eigenvalue weighted by atomic mass is 10.0. The van der Waals surface area contributed by atoms with Crippen LogP contribution in [0.1, 0.15) is 40.7 Å². The highest BCUT2D eigenvalue weighted by atomic mass is 16.5. The number of quaternary nitrogens is 1. The van der Waals surface area contributed by atoms with Crippen LogP contribution in [0.5, 0.6) is 23.0 Å². The molecular weight excluding hydrogens is 370 g/mol. The van der Waals surface area contributed by atoms with Gasteiger partial charge in [-0.15, -0.1) is 0 Å². The number of methoxy groups -OCH3 is 2. The number of phenols is 1. The van der Waals surface area contributed by atoms with E-state index in [1.54, 1.807) is 38.5 Å². The van der Waals surface area contributed by atoms with Crippen LogP contribution in [-0.2, 0) is 6.54 Å². The van der Waals surface area contributed by atoms with Crippen LogP contribution < -0.4 is 19.1 Å². The molecule has 2 aromatic carbocycles. The summed E-state index contributed by atoms with van der Waals surface area (Å²) in [6, 6.07) is 8.69. The van der Waals surface area contributed by atoms with E-state index in [1.807, 2.05) is 12.1 Å². The van der Waals surface area contributed by atoms with E-state index in [9.17, 15) is 9.90 Å². The van der Waals surface area contributed by atoms with Gasteiger partial charge in [0, 0.05) is 5.56 Å². The maximum atomic E-state index is 13.0. The number of phenolic OH excluding ortho intramolecular Hbond substituents is 1. The number of para-hydroxylation sites is 1. The third-order valence-corrected chi connectivity index (χ3v) is 5.62. The predicted octanol–water partition coefficient (Wildman–Crippen LogP) is 2.59. The van der Waals surface area contributed by atoms with E-state index in [0.717, 1.165) is 13.1 Å². The van der Waals surface area contributed by atoms with Gasteiger partial charge in [0.1, 0.15) is 12.3 Å². The molecule has 0 aromatic heterocycles. The van der Waals surface area contributed by atoms with E-state index in [-0.39, 0.29) is 17.3 Å². The number of ketones is 1. The van der Waals surface area contributed by atoms with Crippen LogP contribution in [-0.4, -0.2) is 38.2 Å². The zero-order valence-electron chi connectivity index (χ0n) is 16.8. The van der Waals surface area contributed by atoms with Crippen LogP contribution in [0.4, 0.5) is 0 Å². The highest BCUT2D eigenvalue weighted by molar-refractivity contribution is 6.15. The van der Waals surface area contributed by atoms with Crippen molar-refractivity contribution < 1.29 is 29.0 Å². The summed E-state index contributed by atoms with van der Waals surface area (Å²) in [5.41, 5.74) is 1.88. The molecule has 1 fully saturated rings. The molecule has 2 N–H and O–H groups in total. The Morgan fingerprint density at radius 2 is 1.90 bits per heavy atom. The van der Waals surface area contributed by atoms with Crippen molar-refractivity contribution >= 4 is 11.9 Å². The molecule has 0 amide bonds.